The van der Waals surface area contributed by atoms with E-state index >= 15 is 0 Å². The van der Waals surface area contributed by atoms with Gasteiger partial charge in [0.1, 0.15) is 5.76 Å². The lowest BCUT2D eigenvalue weighted by Crippen LogP contribution is -2.23. The third kappa shape index (κ3) is 5.61. The van der Waals surface area contributed by atoms with Gasteiger partial charge in [0.15, 0.2) is 22.8 Å². The molecule has 1 amide bonds. The lowest BCUT2D eigenvalue weighted by atomic mass is 10.1. The molecule has 2 aromatic carbocycles. The Morgan fingerprint density at radius 1 is 1.03 bits per heavy atom. The summed E-state index contributed by atoms with van der Waals surface area (Å²) in [5.74, 6) is 2.25. The predicted octanol–water partition coefficient (Wildman–Crippen LogP) is 4.95. The summed E-state index contributed by atoms with van der Waals surface area (Å²) in [6.45, 7) is 0.486. The number of carbonyl (C=O) groups is 1. The monoisotopic (exact) mass is 441 g/mol. The number of nitrogens with one attached hydrogen (secondary N) is 1. The molecule has 1 heterocycles. The molecular weight excluding hydrogens is 418 g/mol. The number of benzene rings is 2. The van der Waals surface area contributed by atoms with Crippen molar-refractivity contribution >= 4 is 33.5 Å². The van der Waals surface area contributed by atoms with E-state index in [1.54, 1.807) is 33.5 Å². The highest BCUT2D eigenvalue weighted by atomic mass is 35.5. The minimum atomic E-state index is -0.215. The van der Waals surface area contributed by atoms with Crippen LogP contribution in [0.25, 0.3) is 16.0 Å². The Bertz CT molecular complexity index is 1120. The van der Waals surface area contributed by atoms with E-state index in [4.69, 9.17) is 30.2 Å². The highest BCUT2D eigenvalue weighted by Crippen LogP contribution is 2.32. The van der Waals surface area contributed by atoms with Crippen LogP contribution in [0.4, 0.5) is 0 Å². The lowest BCUT2D eigenvalue weighted by molar-refractivity contribution is -0.116. The third-order valence-corrected chi connectivity index (χ3v) is 4.93. The highest BCUT2D eigenvalue weighted by Gasteiger charge is 2.10. The first-order valence-corrected chi connectivity index (χ1v) is 10.0. The molecule has 0 aliphatic carbocycles. The number of allylic oxidation sites excluding steroid dienone is 2. The van der Waals surface area contributed by atoms with Crippen molar-refractivity contribution < 1.29 is 23.4 Å². The van der Waals surface area contributed by atoms with Crippen LogP contribution in [0, 0.1) is 0 Å². The molecule has 0 saturated carbocycles. The Balaban J connectivity index is 1.54. The second kappa shape index (κ2) is 10.6. The number of carbonyl (C=O) groups excluding carboxylic acids is 1. The summed E-state index contributed by atoms with van der Waals surface area (Å²) in [5.41, 5.74) is 1.66. The molecule has 162 valence electrons. The van der Waals surface area contributed by atoms with Crippen LogP contribution < -0.4 is 19.5 Å². The van der Waals surface area contributed by atoms with E-state index in [0.29, 0.717) is 46.6 Å². The van der Waals surface area contributed by atoms with Crippen LogP contribution in [-0.4, -0.2) is 33.8 Å². The quantitative estimate of drug-likeness (QED) is 0.375. The number of rotatable bonds is 9. The molecule has 3 rings (SSSR count). The van der Waals surface area contributed by atoms with E-state index in [-0.39, 0.29) is 5.91 Å². The maximum atomic E-state index is 12.0. The van der Waals surface area contributed by atoms with E-state index in [2.05, 4.69) is 5.32 Å². The second-order valence-corrected chi connectivity index (χ2v) is 7.00. The maximum Gasteiger partial charge on any atom is 0.243 e. The van der Waals surface area contributed by atoms with Crippen LogP contribution in [0.5, 0.6) is 17.2 Å². The first-order valence-electron chi connectivity index (χ1n) is 9.65. The van der Waals surface area contributed by atoms with Crippen LogP contribution in [0.15, 0.2) is 65.1 Å². The molecular formula is C24H24ClNO5. The molecule has 0 unspecified atom stereocenters. The topological polar surface area (TPSA) is 69.9 Å². The van der Waals surface area contributed by atoms with Gasteiger partial charge in [-0.1, -0.05) is 35.9 Å². The number of para-hydroxylation sites is 1. The maximum absolute atomic E-state index is 12.0. The van der Waals surface area contributed by atoms with E-state index in [1.165, 1.54) is 6.08 Å². The molecule has 0 aliphatic rings. The van der Waals surface area contributed by atoms with Gasteiger partial charge in [0, 0.05) is 18.0 Å². The van der Waals surface area contributed by atoms with Crippen molar-refractivity contribution in [2.75, 3.05) is 27.9 Å². The van der Waals surface area contributed by atoms with Gasteiger partial charge >= 0.3 is 0 Å². The van der Waals surface area contributed by atoms with E-state index in [9.17, 15) is 4.79 Å². The number of fused-ring (bicyclic) bond motifs is 1. The highest BCUT2D eigenvalue weighted by molar-refractivity contribution is 6.48. The van der Waals surface area contributed by atoms with Crippen molar-refractivity contribution in [2.24, 2.45) is 0 Å². The van der Waals surface area contributed by atoms with Crippen LogP contribution in [0.2, 0.25) is 0 Å². The fraction of sp³-hybridized carbons (Fsp3) is 0.208. The van der Waals surface area contributed by atoms with Gasteiger partial charge in [0.2, 0.25) is 5.91 Å². The van der Waals surface area contributed by atoms with Gasteiger partial charge in [0.05, 0.1) is 26.4 Å². The van der Waals surface area contributed by atoms with Gasteiger partial charge in [-0.3, -0.25) is 4.79 Å². The Hall–Kier alpha value is -3.38. The number of furan rings is 1. The zero-order chi connectivity index (χ0) is 22.2. The summed E-state index contributed by atoms with van der Waals surface area (Å²) in [4.78, 5) is 12.0. The summed E-state index contributed by atoms with van der Waals surface area (Å²) in [6, 6.07) is 13.1. The summed E-state index contributed by atoms with van der Waals surface area (Å²) < 4.78 is 21.6. The van der Waals surface area contributed by atoms with Crippen LogP contribution in [0.3, 0.4) is 0 Å². The largest absolute Gasteiger partial charge is 0.493 e. The second-order valence-electron chi connectivity index (χ2n) is 6.59. The standard InChI is InChI=1S/C24H24ClNO5/c1-28-19-11-10-16(14-22(19)30-3)12-13-26-23(27)9-5-7-18(25)21-15-17-6-4-8-20(29-2)24(17)31-21/h4-11,14-15H,12-13H2,1-3H3,(H,26,27)/b9-5+,18-7-. The summed E-state index contributed by atoms with van der Waals surface area (Å²) >= 11 is 6.32. The Morgan fingerprint density at radius 2 is 1.81 bits per heavy atom. The predicted molar refractivity (Wildman–Crippen MR) is 122 cm³/mol. The molecule has 0 atom stereocenters. The third-order valence-electron chi connectivity index (χ3n) is 4.61. The van der Waals surface area contributed by atoms with E-state index < -0.39 is 0 Å². The fourth-order valence-electron chi connectivity index (χ4n) is 3.04. The SMILES string of the molecule is COc1ccc(CCNC(=O)/C=C/C=C(\Cl)c2cc3cccc(OC)c3o2)cc1OC. The Morgan fingerprint density at radius 3 is 2.55 bits per heavy atom. The van der Waals surface area contributed by atoms with Gasteiger partial charge in [-0.15, -0.1) is 0 Å². The van der Waals surface area contributed by atoms with Gasteiger partial charge in [-0.05, 0) is 42.3 Å². The number of hydrogen-bond acceptors (Lipinski definition) is 5. The first-order chi connectivity index (χ1) is 15.0. The van der Waals surface area contributed by atoms with Crippen molar-refractivity contribution in [3.8, 4) is 17.2 Å². The first kappa shape index (κ1) is 22.3. The molecule has 6 nitrogen and oxygen atoms in total. The zero-order valence-electron chi connectivity index (χ0n) is 17.6. The van der Waals surface area contributed by atoms with Crippen molar-refractivity contribution in [3.63, 3.8) is 0 Å². The van der Waals surface area contributed by atoms with E-state index in [1.807, 2.05) is 42.5 Å². The van der Waals surface area contributed by atoms with Gasteiger partial charge < -0.3 is 23.9 Å². The minimum absolute atomic E-state index is 0.215. The van der Waals surface area contributed by atoms with Crippen molar-refractivity contribution in [1.29, 1.82) is 0 Å². The molecule has 0 fully saturated rings. The van der Waals surface area contributed by atoms with Crippen LogP contribution in [-0.2, 0) is 11.2 Å². The normalized spacial score (nSPS) is 11.7. The molecule has 0 radical (unpaired) electrons. The summed E-state index contributed by atoms with van der Waals surface area (Å²) in [5, 5.41) is 4.11. The van der Waals surface area contributed by atoms with Crippen molar-refractivity contribution in [1.82, 2.24) is 5.32 Å². The number of halogens is 1. The average molecular weight is 442 g/mol. The number of methoxy groups -OCH3 is 3. The zero-order valence-corrected chi connectivity index (χ0v) is 18.4. The average Bonchev–Trinajstić information content (AvgIpc) is 3.23. The Kier molecular flexibility index (Phi) is 7.62. The van der Waals surface area contributed by atoms with Crippen LogP contribution in [0.1, 0.15) is 11.3 Å². The smallest absolute Gasteiger partial charge is 0.243 e. The molecule has 1 aromatic heterocycles. The van der Waals surface area contributed by atoms with Crippen LogP contribution >= 0.6 is 11.6 Å². The van der Waals surface area contributed by atoms with Crippen molar-refractivity contribution in [3.05, 3.63) is 72.0 Å². The van der Waals surface area contributed by atoms with Gasteiger partial charge in [-0.25, -0.2) is 0 Å². The van der Waals surface area contributed by atoms with Crippen molar-refractivity contribution in [2.45, 2.75) is 6.42 Å². The Labute approximate surface area is 186 Å². The summed E-state index contributed by atoms with van der Waals surface area (Å²) in [6.07, 6.45) is 5.27. The molecule has 0 saturated heterocycles. The number of amides is 1. The minimum Gasteiger partial charge on any atom is -0.493 e. The van der Waals surface area contributed by atoms with E-state index in [0.717, 1.165) is 10.9 Å². The number of ether oxygens (including phenoxy) is 3. The van der Waals surface area contributed by atoms with Gasteiger partial charge in [-0.2, -0.15) is 0 Å². The molecule has 0 bridgehead atoms. The molecule has 0 aliphatic heterocycles. The molecule has 1 N–H and O–H groups in total. The molecule has 3 aromatic rings. The fourth-order valence-corrected chi connectivity index (χ4v) is 3.21. The number of hydrogen-bond donors (Lipinski definition) is 1. The lowest BCUT2D eigenvalue weighted by Gasteiger charge is -2.09. The summed E-state index contributed by atoms with van der Waals surface area (Å²) in [7, 11) is 4.77. The molecule has 0 spiro atoms. The molecule has 31 heavy (non-hydrogen) atoms. The van der Waals surface area contributed by atoms with Gasteiger partial charge in [0.25, 0.3) is 0 Å². The molecule has 7 heteroatoms.